The van der Waals surface area contributed by atoms with E-state index in [1.54, 1.807) is 23.7 Å². The molecule has 0 amide bonds. The Morgan fingerprint density at radius 2 is 2.06 bits per heavy atom. The Hall–Kier alpha value is -3.47. The Morgan fingerprint density at radius 1 is 1.18 bits per heavy atom. The molecule has 0 saturated carbocycles. The highest BCUT2D eigenvalue weighted by atomic mass is 32.1. The minimum atomic E-state index is 0.509. The highest BCUT2D eigenvalue weighted by Gasteiger charge is 2.13. The summed E-state index contributed by atoms with van der Waals surface area (Å²) in [5.41, 5.74) is 6.25. The van der Waals surface area contributed by atoms with E-state index in [1.165, 1.54) is 32.4 Å². The number of piperidine rings is 1. The molecule has 1 saturated heterocycles. The second-order valence-electron chi connectivity index (χ2n) is 8.40. The Bertz CT molecular complexity index is 1340. The van der Waals surface area contributed by atoms with Gasteiger partial charge in [-0.15, -0.1) is 11.3 Å². The molecule has 1 aliphatic heterocycles. The van der Waals surface area contributed by atoms with E-state index in [1.807, 2.05) is 30.5 Å². The van der Waals surface area contributed by atoms with Crippen molar-refractivity contribution in [3.63, 3.8) is 0 Å². The number of fused-ring (bicyclic) bond motifs is 1. The largest absolute Gasteiger partial charge is 0.361 e. The lowest BCUT2D eigenvalue weighted by atomic mass is 10.1. The second kappa shape index (κ2) is 9.57. The van der Waals surface area contributed by atoms with Crippen LogP contribution in [0, 0.1) is 18.3 Å². The molecule has 0 spiro atoms. The fourth-order valence-electron chi connectivity index (χ4n) is 4.34. The third-order valence-electron chi connectivity index (χ3n) is 6.17. The van der Waals surface area contributed by atoms with Crippen molar-refractivity contribution in [1.29, 1.82) is 5.26 Å². The molecule has 0 aliphatic carbocycles. The van der Waals surface area contributed by atoms with Crippen LogP contribution in [0.2, 0.25) is 0 Å². The molecule has 0 radical (unpaired) electrons. The zero-order chi connectivity index (χ0) is 22.6. The summed E-state index contributed by atoms with van der Waals surface area (Å²) in [7, 11) is 0. The zero-order valence-corrected chi connectivity index (χ0v) is 19.5. The maximum atomic E-state index is 9.70. The average Bonchev–Trinajstić information content (AvgIpc) is 3.50. The molecule has 6 nitrogen and oxygen atoms in total. The summed E-state index contributed by atoms with van der Waals surface area (Å²) >= 11 is 1.71. The quantitative estimate of drug-likeness (QED) is 0.368. The number of hydrogen-bond acceptors (Lipinski definition) is 6. The summed E-state index contributed by atoms with van der Waals surface area (Å²) in [6.07, 6.45) is 13.2. The maximum absolute atomic E-state index is 9.70. The molecule has 0 bridgehead atoms. The highest BCUT2D eigenvalue weighted by molar-refractivity contribution is 7.09. The number of thiazole rings is 1. The molecule has 3 aromatic heterocycles. The predicted octanol–water partition coefficient (Wildman–Crippen LogP) is 6.10. The third-order valence-corrected chi connectivity index (χ3v) is 7.02. The van der Waals surface area contributed by atoms with Gasteiger partial charge in [-0.2, -0.15) is 5.26 Å². The van der Waals surface area contributed by atoms with Crippen molar-refractivity contribution in [2.24, 2.45) is 0 Å². The van der Waals surface area contributed by atoms with E-state index >= 15 is 0 Å². The van der Waals surface area contributed by atoms with Crippen molar-refractivity contribution in [2.75, 3.05) is 18.4 Å². The molecule has 1 aliphatic rings. The van der Waals surface area contributed by atoms with Crippen molar-refractivity contribution in [3.8, 4) is 6.07 Å². The van der Waals surface area contributed by atoms with Gasteiger partial charge in [-0.3, -0.25) is 9.88 Å². The van der Waals surface area contributed by atoms with E-state index in [4.69, 9.17) is 4.98 Å². The molecule has 5 rings (SSSR count). The fraction of sp³-hybridized carbons (Fsp3) is 0.269. The van der Waals surface area contributed by atoms with Crippen LogP contribution >= 0.6 is 11.3 Å². The van der Waals surface area contributed by atoms with Crippen molar-refractivity contribution in [3.05, 3.63) is 69.6 Å². The Morgan fingerprint density at radius 3 is 2.91 bits per heavy atom. The lowest BCUT2D eigenvalue weighted by Crippen LogP contribution is -2.28. The minimum absolute atomic E-state index is 0.509. The standard InChI is InChI=1S/C26H26N6S/c1-18-22-9-10-29-24(22)8-7-23(18)31-26-19(14-28-15-20(26)13-27)5-6-21-17-33-25(30-21)16-32-11-3-2-4-12-32/h5-10,14-15,17,29H,2-4,11-12,16H2,1H3,(H,28,31). The van der Waals surface area contributed by atoms with Gasteiger partial charge in [0.1, 0.15) is 11.1 Å². The zero-order valence-electron chi connectivity index (χ0n) is 18.6. The number of aromatic nitrogens is 3. The second-order valence-corrected chi connectivity index (χ2v) is 9.34. The van der Waals surface area contributed by atoms with Crippen molar-refractivity contribution >= 4 is 45.8 Å². The van der Waals surface area contributed by atoms with Crippen LogP contribution in [0.1, 0.15) is 46.7 Å². The van der Waals surface area contributed by atoms with E-state index in [9.17, 15) is 5.26 Å². The van der Waals surface area contributed by atoms with Crippen LogP contribution in [0.15, 0.2) is 42.2 Å². The van der Waals surface area contributed by atoms with Crippen LogP contribution in [0.3, 0.4) is 0 Å². The van der Waals surface area contributed by atoms with Crippen molar-refractivity contribution in [2.45, 2.75) is 32.7 Å². The van der Waals surface area contributed by atoms with Crippen LogP contribution < -0.4 is 5.32 Å². The Kier molecular flexibility index (Phi) is 6.20. The first-order valence-corrected chi connectivity index (χ1v) is 12.2. The average molecular weight is 455 g/mol. The van der Waals surface area contributed by atoms with Crippen molar-refractivity contribution < 1.29 is 0 Å². The smallest absolute Gasteiger partial charge is 0.107 e. The van der Waals surface area contributed by atoms with Gasteiger partial charge in [-0.1, -0.05) is 6.42 Å². The van der Waals surface area contributed by atoms with Gasteiger partial charge in [0.15, 0.2) is 0 Å². The van der Waals surface area contributed by atoms with Gasteiger partial charge in [0.05, 0.1) is 23.5 Å². The number of aryl methyl sites for hydroxylation is 1. The van der Waals surface area contributed by atoms with E-state index < -0.39 is 0 Å². The fourth-order valence-corrected chi connectivity index (χ4v) is 5.14. The van der Waals surface area contributed by atoms with Gasteiger partial charge >= 0.3 is 0 Å². The first-order valence-electron chi connectivity index (χ1n) is 11.3. The number of likely N-dealkylation sites (tertiary alicyclic amines) is 1. The number of pyridine rings is 1. The Labute approximate surface area is 197 Å². The summed E-state index contributed by atoms with van der Waals surface area (Å²) < 4.78 is 0. The lowest BCUT2D eigenvalue weighted by molar-refractivity contribution is 0.220. The molecule has 1 aromatic carbocycles. The number of rotatable bonds is 6. The number of nitrogens with one attached hydrogen (secondary N) is 2. The molecule has 0 atom stereocenters. The first-order chi connectivity index (χ1) is 16.2. The van der Waals surface area contributed by atoms with Crippen LogP contribution in [0.5, 0.6) is 0 Å². The lowest BCUT2D eigenvalue weighted by Gasteiger charge is -2.25. The normalized spacial score (nSPS) is 14.7. The topological polar surface area (TPSA) is 80.6 Å². The minimum Gasteiger partial charge on any atom is -0.361 e. The van der Waals surface area contributed by atoms with E-state index in [2.05, 4.69) is 44.6 Å². The number of nitriles is 1. The number of benzene rings is 1. The molecule has 7 heteroatoms. The van der Waals surface area contributed by atoms with Gasteiger partial charge in [0.25, 0.3) is 0 Å². The molecule has 4 aromatic rings. The van der Waals surface area contributed by atoms with Crippen LogP contribution in [0.25, 0.3) is 23.1 Å². The predicted molar refractivity (Wildman–Crippen MR) is 135 cm³/mol. The molecular weight excluding hydrogens is 428 g/mol. The molecule has 4 heterocycles. The number of nitrogens with zero attached hydrogens (tertiary/aromatic N) is 4. The first kappa shape index (κ1) is 21.4. The monoisotopic (exact) mass is 454 g/mol. The van der Waals surface area contributed by atoms with Crippen LogP contribution in [-0.2, 0) is 6.54 Å². The van der Waals surface area contributed by atoms with E-state index in [-0.39, 0.29) is 0 Å². The summed E-state index contributed by atoms with van der Waals surface area (Å²) in [6, 6.07) is 8.43. The van der Waals surface area contributed by atoms with E-state index in [0.717, 1.165) is 50.7 Å². The van der Waals surface area contributed by atoms with Gasteiger partial charge in [0.2, 0.25) is 0 Å². The number of hydrogen-bond donors (Lipinski definition) is 2. The maximum Gasteiger partial charge on any atom is 0.107 e. The highest BCUT2D eigenvalue weighted by Crippen LogP contribution is 2.31. The summed E-state index contributed by atoms with van der Waals surface area (Å²) in [5.74, 6) is 0. The van der Waals surface area contributed by atoms with Gasteiger partial charge in [0, 0.05) is 46.1 Å². The number of H-pyrrole nitrogens is 1. The van der Waals surface area contributed by atoms with E-state index in [0.29, 0.717) is 5.56 Å². The Balaban J connectivity index is 1.39. The van der Waals surface area contributed by atoms with Gasteiger partial charge < -0.3 is 10.3 Å². The summed E-state index contributed by atoms with van der Waals surface area (Å²) in [5, 5.41) is 17.6. The number of anilines is 2. The number of aromatic amines is 1. The van der Waals surface area contributed by atoms with Crippen molar-refractivity contribution in [1.82, 2.24) is 19.9 Å². The van der Waals surface area contributed by atoms with Crippen LogP contribution in [0.4, 0.5) is 11.4 Å². The molecule has 0 unspecified atom stereocenters. The molecular formula is C26H26N6S. The summed E-state index contributed by atoms with van der Waals surface area (Å²) in [4.78, 5) is 14.8. The molecule has 33 heavy (non-hydrogen) atoms. The van der Waals surface area contributed by atoms with Crippen LogP contribution in [-0.4, -0.2) is 32.9 Å². The molecule has 166 valence electrons. The SMILES string of the molecule is Cc1c(Nc2c(C#N)cncc2C=Cc2csc(CN3CCCCC3)n2)ccc2[nH]ccc12. The third kappa shape index (κ3) is 4.68. The molecule has 1 fully saturated rings. The summed E-state index contributed by atoms with van der Waals surface area (Å²) in [6.45, 7) is 5.35. The van der Waals surface area contributed by atoms with Gasteiger partial charge in [-0.25, -0.2) is 4.98 Å². The molecule has 2 N–H and O–H groups in total. The van der Waals surface area contributed by atoms with Gasteiger partial charge in [-0.05, 0) is 68.8 Å².